The zero-order valence-corrected chi connectivity index (χ0v) is 10.5. The molecule has 0 heterocycles. The summed E-state index contributed by atoms with van der Waals surface area (Å²) in [4.78, 5) is 0. The van der Waals surface area contributed by atoms with Crippen molar-refractivity contribution in [1.82, 2.24) is 5.32 Å². The Morgan fingerprint density at radius 2 is 1.86 bits per heavy atom. The fourth-order valence-corrected chi connectivity index (χ4v) is 1.45. The largest absolute Gasteiger partial charge is 0.372 e. The van der Waals surface area contributed by atoms with Crippen LogP contribution in [-0.2, 0) is 4.74 Å². The van der Waals surface area contributed by atoms with Gasteiger partial charge < -0.3 is 10.1 Å². The third kappa shape index (κ3) is 10.0. The van der Waals surface area contributed by atoms with E-state index < -0.39 is 0 Å². The molecule has 0 saturated heterocycles. The van der Waals surface area contributed by atoms with Crippen molar-refractivity contribution in [2.45, 2.75) is 65.6 Å². The molecule has 0 rings (SSSR count). The van der Waals surface area contributed by atoms with E-state index in [2.05, 4.69) is 39.9 Å². The van der Waals surface area contributed by atoms with Crippen LogP contribution in [0.1, 0.15) is 53.9 Å². The molecule has 0 aliphatic heterocycles. The quantitative estimate of drug-likeness (QED) is 0.639. The van der Waals surface area contributed by atoms with Gasteiger partial charge in [0.2, 0.25) is 0 Å². The molecule has 14 heavy (non-hydrogen) atoms. The zero-order chi connectivity index (χ0) is 11.0. The van der Waals surface area contributed by atoms with Crippen molar-refractivity contribution in [3.63, 3.8) is 0 Å². The summed E-state index contributed by atoms with van der Waals surface area (Å²) in [6.07, 6.45) is 4.19. The second-order valence-electron chi connectivity index (χ2n) is 4.95. The highest BCUT2D eigenvalue weighted by molar-refractivity contribution is 4.64. The van der Waals surface area contributed by atoms with Crippen molar-refractivity contribution in [1.29, 1.82) is 0 Å². The van der Waals surface area contributed by atoms with Gasteiger partial charge in [0.15, 0.2) is 0 Å². The van der Waals surface area contributed by atoms with Crippen molar-refractivity contribution in [2.24, 2.45) is 0 Å². The maximum atomic E-state index is 5.78. The molecule has 0 radical (unpaired) electrons. The van der Waals surface area contributed by atoms with Crippen LogP contribution in [0.2, 0.25) is 0 Å². The fourth-order valence-electron chi connectivity index (χ4n) is 1.45. The minimum absolute atomic E-state index is 0.0233. The summed E-state index contributed by atoms with van der Waals surface area (Å²) in [6, 6.07) is 0. The van der Waals surface area contributed by atoms with E-state index in [9.17, 15) is 0 Å². The van der Waals surface area contributed by atoms with Crippen LogP contribution in [0.15, 0.2) is 0 Å². The van der Waals surface area contributed by atoms with Gasteiger partial charge in [0.05, 0.1) is 11.7 Å². The van der Waals surface area contributed by atoms with Crippen molar-refractivity contribution in [3.8, 4) is 0 Å². The number of ether oxygens (including phenoxy) is 1. The lowest BCUT2D eigenvalue weighted by molar-refractivity contribution is -0.0497. The molecule has 0 aliphatic rings. The molecule has 86 valence electrons. The molecule has 0 spiro atoms. The summed E-state index contributed by atoms with van der Waals surface area (Å²) in [5.74, 6) is 0. The van der Waals surface area contributed by atoms with Crippen molar-refractivity contribution in [3.05, 3.63) is 0 Å². The van der Waals surface area contributed by atoms with Crippen LogP contribution < -0.4 is 5.32 Å². The van der Waals surface area contributed by atoms with Gasteiger partial charge in [-0.15, -0.1) is 0 Å². The van der Waals surface area contributed by atoms with Gasteiger partial charge in [0, 0.05) is 6.54 Å². The van der Waals surface area contributed by atoms with Gasteiger partial charge in [0.25, 0.3) is 0 Å². The van der Waals surface area contributed by atoms with E-state index in [0.717, 1.165) is 13.1 Å². The molecule has 1 atom stereocenters. The predicted molar refractivity (Wildman–Crippen MR) is 62.7 cm³/mol. The summed E-state index contributed by atoms with van der Waals surface area (Å²) in [5.41, 5.74) is -0.0233. The molecule has 1 N–H and O–H groups in total. The van der Waals surface area contributed by atoms with Crippen molar-refractivity contribution in [2.75, 3.05) is 13.1 Å². The Labute approximate surface area is 89.4 Å². The van der Waals surface area contributed by atoms with E-state index in [1.807, 2.05) is 0 Å². The van der Waals surface area contributed by atoms with Gasteiger partial charge in [-0.25, -0.2) is 0 Å². The van der Waals surface area contributed by atoms with Crippen LogP contribution in [0.25, 0.3) is 0 Å². The van der Waals surface area contributed by atoms with Gasteiger partial charge in [-0.1, -0.05) is 19.8 Å². The first-order chi connectivity index (χ1) is 6.45. The highest BCUT2D eigenvalue weighted by atomic mass is 16.5. The standard InChI is InChI=1S/C12H27NO/c1-6-7-8-9-13-10-11(2)14-12(3,4)5/h11,13H,6-10H2,1-5H3. The van der Waals surface area contributed by atoms with E-state index in [0.29, 0.717) is 6.10 Å². The Kier molecular flexibility index (Phi) is 7.20. The molecule has 0 aromatic carbocycles. The van der Waals surface area contributed by atoms with Gasteiger partial charge in [-0.3, -0.25) is 0 Å². The summed E-state index contributed by atoms with van der Waals surface area (Å²) in [6.45, 7) is 12.7. The predicted octanol–water partition coefficient (Wildman–Crippen LogP) is 2.97. The Morgan fingerprint density at radius 3 is 2.36 bits per heavy atom. The van der Waals surface area contributed by atoms with E-state index >= 15 is 0 Å². The minimum Gasteiger partial charge on any atom is -0.372 e. The number of rotatable bonds is 7. The smallest absolute Gasteiger partial charge is 0.0678 e. The van der Waals surface area contributed by atoms with Crippen LogP contribution >= 0.6 is 0 Å². The first kappa shape index (κ1) is 13.9. The van der Waals surface area contributed by atoms with Crippen LogP contribution in [0.5, 0.6) is 0 Å². The first-order valence-electron chi connectivity index (χ1n) is 5.84. The molecule has 0 fully saturated rings. The Balaban J connectivity index is 3.31. The molecule has 0 saturated carbocycles. The third-order valence-corrected chi connectivity index (χ3v) is 1.94. The topological polar surface area (TPSA) is 21.3 Å². The summed E-state index contributed by atoms with van der Waals surface area (Å²) < 4.78 is 5.78. The second-order valence-corrected chi connectivity index (χ2v) is 4.95. The van der Waals surface area contributed by atoms with Crippen molar-refractivity contribution < 1.29 is 4.74 Å². The molecule has 2 nitrogen and oxygen atoms in total. The number of hydrogen-bond acceptors (Lipinski definition) is 2. The van der Waals surface area contributed by atoms with Crippen LogP contribution in [0.3, 0.4) is 0 Å². The van der Waals surface area contributed by atoms with E-state index in [4.69, 9.17) is 4.74 Å². The monoisotopic (exact) mass is 201 g/mol. The third-order valence-electron chi connectivity index (χ3n) is 1.94. The molecule has 2 heteroatoms. The number of unbranched alkanes of at least 4 members (excludes halogenated alkanes) is 2. The number of nitrogens with one attached hydrogen (secondary N) is 1. The molecule has 1 unspecified atom stereocenters. The second kappa shape index (κ2) is 7.24. The van der Waals surface area contributed by atoms with E-state index in [1.165, 1.54) is 19.3 Å². The molecule has 0 bridgehead atoms. The van der Waals surface area contributed by atoms with Gasteiger partial charge in [-0.2, -0.15) is 0 Å². The highest BCUT2D eigenvalue weighted by Gasteiger charge is 2.14. The lowest BCUT2D eigenvalue weighted by Gasteiger charge is -2.25. The SMILES string of the molecule is CCCCCNCC(C)OC(C)(C)C. The van der Waals surface area contributed by atoms with Crippen LogP contribution in [0.4, 0.5) is 0 Å². The zero-order valence-electron chi connectivity index (χ0n) is 10.5. The van der Waals surface area contributed by atoms with Gasteiger partial charge >= 0.3 is 0 Å². The molecule has 0 aliphatic carbocycles. The van der Waals surface area contributed by atoms with Crippen molar-refractivity contribution >= 4 is 0 Å². The average Bonchev–Trinajstić information content (AvgIpc) is 2.00. The molecular formula is C12H27NO. The fraction of sp³-hybridized carbons (Fsp3) is 1.00. The van der Waals surface area contributed by atoms with Gasteiger partial charge in [-0.05, 0) is 40.7 Å². The lowest BCUT2D eigenvalue weighted by atomic mass is 10.2. The van der Waals surface area contributed by atoms with Gasteiger partial charge in [0.1, 0.15) is 0 Å². The lowest BCUT2D eigenvalue weighted by Crippen LogP contribution is -2.33. The average molecular weight is 201 g/mol. The first-order valence-corrected chi connectivity index (χ1v) is 5.84. The molecule has 0 aromatic heterocycles. The van der Waals surface area contributed by atoms with Crippen LogP contribution in [-0.4, -0.2) is 24.8 Å². The molecule has 0 aromatic rings. The molecular weight excluding hydrogens is 174 g/mol. The molecule has 0 amide bonds. The van der Waals surface area contributed by atoms with Crippen LogP contribution in [0, 0.1) is 0 Å². The van der Waals surface area contributed by atoms with E-state index in [-0.39, 0.29) is 5.60 Å². The Bertz CT molecular complexity index is 129. The number of hydrogen-bond donors (Lipinski definition) is 1. The summed E-state index contributed by atoms with van der Waals surface area (Å²) in [5, 5.41) is 3.42. The van der Waals surface area contributed by atoms with E-state index in [1.54, 1.807) is 0 Å². The maximum absolute atomic E-state index is 5.78. The summed E-state index contributed by atoms with van der Waals surface area (Å²) in [7, 11) is 0. The maximum Gasteiger partial charge on any atom is 0.0678 e. The Morgan fingerprint density at radius 1 is 1.21 bits per heavy atom. The minimum atomic E-state index is -0.0233. The highest BCUT2D eigenvalue weighted by Crippen LogP contribution is 2.09. The summed E-state index contributed by atoms with van der Waals surface area (Å²) >= 11 is 0. The Hall–Kier alpha value is -0.0800. The normalized spacial score (nSPS) is 14.4.